The number of methoxy groups -OCH3 is 1. The van der Waals surface area contributed by atoms with E-state index in [9.17, 15) is 0 Å². The van der Waals surface area contributed by atoms with E-state index < -0.39 is 0 Å². The zero-order valence-electron chi connectivity index (χ0n) is 17.7. The Kier molecular flexibility index (Phi) is 7.28. The van der Waals surface area contributed by atoms with Gasteiger partial charge >= 0.3 is 0 Å². The number of benzene rings is 1. The molecular formula is C21H33N5O. The van der Waals surface area contributed by atoms with Crippen LogP contribution in [0.2, 0.25) is 0 Å². The van der Waals surface area contributed by atoms with Gasteiger partial charge in [-0.15, -0.1) is 0 Å². The van der Waals surface area contributed by atoms with Crippen molar-refractivity contribution in [1.82, 2.24) is 20.0 Å². The van der Waals surface area contributed by atoms with E-state index in [4.69, 9.17) is 4.74 Å². The van der Waals surface area contributed by atoms with Gasteiger partial charge in [0, 0.05) is 46.0 Å². The van der Waals surface area contributed by atoms with Crippen molar-refractivity contribution in [3.63, 3.8) is 0 Å². The number of rotatable bonds is 7. The van der Waals surface area contributed by atoms with Crippen LogP contribution in [0.5, 0.6) is 5.75 Å². The van der Waals surface area contributed by atoms with Gasteiger partial charge in [0.1, 0.15) is 5.75 Å². The van der Waals surface area contributed by atoms with Gasteiger partial charge in [-0.25, -0.2) is 0 Å². The summed E-state index contributed by atoms with van der Waals surface area (Å²) in [5, 5.41) is 8.04. The van der Waals surface area contributed by atoms with Crippen LogP contribution in [-0.2, 0) is 20.0 Å². The first-order valence-corrected chi connectivity index (χ1v) is 9.43. The summed E-state index contributed by atoms with van der Waals surface area (Å²) in [7, 11) is 7.56. The van der Waals surface area contributed by atoms with E-state index in [0.717, 1.165) is 42.5 Å². The van der Waals surface area contributed by atoms with Crippen LogP contribution >= 0.6 is 0 Å². The van der Waals surface area contributed by atoms with Gasteiger partial charge in [-0.3, -0.25) is 9.67 Å². The summed E-state index contributed by atoms with van der Waals surface area (Å²) >= 11 is 0. The lowest BCUT2D eigenvalue weighted by Crippen LogP contribution is -2.39. The highest BCUT2D eigenvalue weighted by Crippen LogP contribution is 2.20. The van der Waals surface area contributed by atoms with E-state index in [1.807, 2.05) is 18.8 Å². The summed E-state index contributed by atoms with van der Waals surface area (Å²) in [6, 6.07) is 6.36. The molecule has 6 heteroatoms. The van der Waals surface area contributed by atoms with Gasteiger partial charge in [-0.1, -0.05) is 26.0 Å². The Bertz CT molecular complexity index is 779. The molecule has 0 aliphatic carbocycles. The molecule has 2 rings (SSSR count). The molecule has 0 aliphatic rings. The van der Waals surface area contributed by atoms with Gasteiger partial charge in [0.2, 0.25) is 0 Å². The minimum Gasteiger partial charge on any atom is -0.496 e. The summed E-state index contributed by atoms with van der Waals surface area (Å²) in [4.78, 5) is 6.56. The first kappa shape index (κ1) is 20.8. The molecule has 0 atom stereocenters. The Labute approximate surface area is 163 Å². The van der Waals surface area contributed by atoms with E-state index in [1.165, 1.54) is 11.1 Å². The molecule has 1 N–H and O–H groups in total. The number of nitrogens with zero attached hydrogens (tertiary/aromatic N) is 4. The number of hydrogen-bond acceptors (Lipinski definition) is 3. The molecule has 1 aromatic carbocycles. The molecule has 0 spiro atoms. The number of guanidine groups is 1. The minimum absolute atomic E-state index is 0.404. The van der Waals surface area contributed by atoms with Crippen LogP contribution in [0.4, 0.5) is 0 Å². The Morgan fingerprint density at radius 1 is 1.37 bits per heavy atom. The molecule has 0 amide bonds. The maximum absolute atomic E-state index is 5.41. The standard InChI is InChI=1S/C21H33N5O/c1-15(2)20-18(14-26(6)24-20)13-25(5)21(22-4)23-11-10-17-9-8-16(3)19(12-17)27-7/h8-9,12,14-15H,10-11,13H2,1-7H3,(H,22,23). The van der Waals surface area contributed by atoms with Crippen molar-refractivity contribution in [2.75, 3.05) is 27.7 Å². The van der Waals surface area contributed by atoms with Gasteiger partial charge < -0.3 is 15.0 Å². The average Bonchev–Trinajstić information content (AvgIpc) is 3.00. The molecule has 0 saturated heterocycles. The Morgan fingerprint density at radius 2 is 2.11 bits per heavy atom. The van der Waals surface area contributed by atoms with Crippen molar-refractivity contribution in [1.29, 1.82) is 0 Å². The summed E-state index contributed by atoms with van der Waals surface area (Å²) < 4.78 is 7.30. The quantitative estimate of drug-likeness (QED) is 0.600. The molecule has 2 aromatic rings. The summed E-state index contributed by atoms with van der Waals surface area (Å²) in [5.74, 6) is 2.22. The van der Waals surface area contributed by atoms with Crippen LogP contribution in [-0.4, -0.2) is 48.4 Å². The molecule has 0 radical (unpaired) electrons. The Balaban J connectivity index is 1.95. The van der Waals surface area contributed by atoms with Crippen molar-refractivity contribution >= 4 is 5.96 Å². The third-order valence-corrected chi connectivity index (χ3v) is 4.63. The third kappa shape index (κ3) is 5.49. The second-order valence-electron chi connectivity index (χ2n) is 7.25. The fourth-order valence-electron chi connectivity index (χ4n) is 3.22. The predicted octanol–water partition coefficient (Wildman–Crippen LogP) is 3.11. The molecule has 27 heavy (non-hydrogen) atoms. The second kappa shape index (κ2) is 9.44. The third-order valence-electron chi connectivity index (χ3n) is 4.63. The maximum atomic E-state index is 5.41. The van der Waals surface area contributed by atoms with E-state index in [-0.39, 0.29) is 0 Å². The molecule has 148 valence electrons. The lowest BCUT2D eigenvalue weighted by Gasteiger charge is -2.22. The van der Waals surface area contributed by atoms with Crippen molar-refractivity contribution in [3.05, 3.63) is 46.8 Å². The van der Waals surface area contributed by atoms with Gasteiger partial charge in [0.25, 0.3) is 0 Å². The highest BCUT2D eigenvalue weighted by Gasteiger charge is 2.15. The number of hydrogen-bond donors (Lipinski definition) is 1. The minimum atomic E-state index is 0.404. The number of aromatic nitrogens is 2. The van der Waals surface area contributed by atoms with E-state index in [1.54, 1.807) is 7.11 Å². The first-order valence-electron chi connectivity index (χ1n) is 9.43. The van der Waals surface area contributed by atoms with Crippen molar-refractivity contribution in [2.24, 2.45) is 12.0 Å². The molecular weight excluding hydrogens is 338 g/mol. The Hall–Kier alpha value is -2.50. The van der Waals surface area contributed by atoms with Gasteiger partial charge in [-0.05, 0) is 36.5 Å². The first-order chi connectivity index (χ1) is 12.8. The largest absolute Gasteiger partial charge is 0.496 e. The molecule has 1 heterocycles. The molecule has 0 bridgehead atoms. The number of aryl methyl sites for hydroxylation is 2. The van der Waals surface area contributed by atoms with Gasteiger partial charge in [-0.2, -0.15) is 5.10 Å². The van der Waals surface area contributed by atoms with Gasteiger partial charge in [0.15, 0.2) is 5.96 Å². The molecule has 0 saturated carbocycles. The normalized spacial score (nSPS) is 11.8. The summed E-state index contributed by atoms with van der Waals surface area (Å²) in [6.07, 6.45) is 3.01. The second-order valence-corrected chi connectivity index (χ2v) is 7.25. The number of ether oxygens (including phenoxy) is 1. The van der Waals surface area contributed by atoms with Gasteiger partial charge in [0.05, 0.1) is 12.8 Å². The van der Waals surface area contributed by atoms with Crippen LogP contribution in [0.3, 0.4) is 0 Å². The molecule has 1 aromatic heterocycles. The van der Waals surface area contributed by atoms with E-state index in [0.29, 0.717) is 5.92 Å². The fraction of sp³-hybridized carbons (Fsp3) is 0.524. The van der Waals surface area contributed by atoms with Crippen LogP contribution < -0.4 is 10.1 Å². The van der Waals surface area contributed by atoms with Crippen LogP contribution in [0.25, 0.3) is 0 Å². The van der Waals surface area contributed by atoms with Crippen LogP contribution in [0.1, 0.15) is 42.1 Å². The molecule has 0 fully saturated rings. The molecule has 0 unspecified atom stereocenters. The average molecular weight is 372 g/mol. The smallest absolute Gasteiger partial charge is 0.193 e. The number of aliphatic imine (C=N–C) groups is 1. The van der Waals surface area contributed by atoms with Crippen molar-refractivity contribution in [2.45, 2.75) is 39.7 Å². The molecule has 6 nitrogen and oxygen atoms in total. The number of nitrogens with one attached hydrogen (secondary N) is 1. The van der Waals surface area contributed by atoms with E-state index >= 15 is 0 Å². The lowest BCUT2D eigenvalue weighted by atomic mass is 10.1. The lowest BCUT2D eigenvalue weighted by molar-refractivity contribution is 0.411. The van der Waals surface area contributed by atoms with Crippen molar-refractivity contribution in [3.8, 4) is 5.75 Å². The highest BCUT2D eigenvalue weighted by atomic mass is 16.5. The summed E-state index contributed by atoms with van der Waals surface area (Å²) in [5.41, 5.74) is 4.78. The zero-order valence-corrected chi connectivity index (χ0v) is 17.7. The molecule has 0 aliphatic heterocycles. The van der Waals surface area contributed by atoms with Crippen molar-refractivity contribution < 1.29 is 4.74 Å². The van der Waals surface area contributed by atoms with Crippen LogP contribution in [0, 0.1) is 6.92 Å². The zero-order chi connectivity index (χ0) is 20.0. The highest BCUT2D eigenvalue weighted by molar-refractivity contribution is 5.79. The predicted molar refractivity (Wildman–Crippen MR) is 112 cm³/mol. The summed E-state index contributed by atoms with van der Waals surface area (Å²) in [6.45, 7) is 8.00. The fourth-order valence-corrected chi connectivity index (χ4v) is 3.22. The Morgan fingerprint density at radius 3 is 2.74 bits per heavy atom. The SMILES string of the molecule is CN=C(NCCc1ccc(C)c(OC)c1)N(C)Cc1cn(C)nc1C(C)C. The van der Waals surface area contributed by atoms with Crippen LogP contribution in [0.15, 0.2) is 29.4 Å². The monoisotopic (exact) mass is 371 g/mol. The topological polar surface area (TPSA) is 54.7 Å². The van der Waals surface area contributed by atoms with E-state index in [2.05, 4.69) is 72.5 Å². The maximum Gasteiger partial charge on any atom is 0.193 e.